The quantitative estimate of drug-likeness (QED) is 0.924. The van der Waals surface area contributed by atoms with Gasteiger partial charge < -0.3 is 5.32 Å². The number of aryl methyl sites for hydroxylation is 2. The molecule has 1 atom stereocenters. The molecule has 0 bridgehead atoms. The van der Waals surface area contributed by atoms with E-state index in [1.807, 2.05) is 23.8 Å². The number of rotatable bonds is 2. The van der Waals surface area contributed by atoms with E-state index >= 15 is 0 Å². The zero-order valence-corrected chi connectivity index (χ0v) is 12.1. The molecule has 98 valence electrons. The van der Waals surface area contributed by atoms with Gasteiger partial charge >= 0.3 is 0 Å². The van der Waals surface area contributed by atoms with Crippen molar-refractivity contribution < 1.29 is 9.59 Å². The number of carbonyl (C=O) groups excluding carboxylic acids is 2. The molecule has 2 aromatic heterocycles. The normalized spacial score (nSPS) is 18.2. The van der Waals surface area contributed by atoms with E-state index in [1.54, 1.807) is 28.7 Å². The Morgan fingerprint density at radius 2 is 2.11 bits per heavy atom. The third kappa shape index (κ3) is 2.24. The summed E-state index contributed by atoms with van der Waals surface area (Å²) in [5.74, 6) is -0.0977. The summed E-state index contributed by atoms with van der Waals surface area (Å²) in [6.07, 6.45) is 1.56. The van der Waals surface area contributed by atoms with Crippen molar-refractivity contribution in [3.63, 3.8) is 0 Å². The van der Waals surface area contributed by atoms with E-state index in [0.29, 0.717) is 12.0 Å². The van der Waals surface area contributed by atoms with Crippen LogP contribution in [-0.2, 0) is 6.42 Å². The monoisotopic (exact) mass is 291 g/mol. The summed E-state index contributed by atoms with van der Waals surface area (Å²) >= 11 is 3.16. The maximum absolute atomic E-state index is 12.3. The Morgan fingerprint density at radius 3 is 2.84 bits per heavy atom. The van der Waals surface area contributed by atoms with Gasteiger partial charge in [-0.3, -0.25) is 9.59 Å². The van der Waals surface area contributed by atoms with Crippen LogP contribution in [0, 0.1) is 6.92 Å². The summed E-state index contributed by atoms with van der Waals surface area (Å²) in [7, 11) is 0. The van der Waals surface area contributed by atoms with Gasteiger partial charge in [0.25, 0.3) is 5.91 Å². The van der Waals surface area contributed by atoms with Gasteiger partial charge in [0.1, 0.15) is 0 Å². The van der Waals surface area contributed by atoms with Crippen molar-refractivity contribution in [2.45, 2.75) is 25.8 Å². The number of Topliss-reactive ketones (excluding diaryl/α,β-unsaturated/α-hetero) is 1. The SMILES string of the molecule is Cc1sccc1C(=O)NC1CCc2sccc2C1=O. The van der Waals surface area contributed by atoms with Crippen LogP contribution in [0.15, 0.2) is 22.9 Å². The highest BCUT2D eigenvalue weighted by Gasteiger charge is 2.29. The number of hydrogen-bond donors (Lipinski definition) is 1. The minimum atomic E-state index is -0.381. The van der Waals surface area contributed by atoms with Crippen molar-refractivity contribution in [3.05, 3.63) is 43.8 Å². The summed E-state index contributed by atoms with van der Waals surface area (Å²) in [5, 5.41) is 6.70. The average Bonchev–Trinajstić information content (AvgIpc) is 3.01. The molecule has 0 aliphatic heterocycles. The lowest BCUT2D eigenvalue weighted by molar-refractivity contribution is 0.0846. The minimum Gasteiger partial charge on any atom is -0.342 e. The summed E-state index contributed by atoms with van der Waals surface area (Å²) in [5.41, 5.74) is 1.46. The van der Waals surface area contributed by atoms with Crippen LogP contribution in [0.1, 0.15) is 36.9 Å². The lowest BCUT2D eigenvalue weighted by Gasteiger charge is -2.21. The van der Waals surface area contributed by atoms with Gasteiger partial charge in [-0.05, 0) is 42.7 Å². The van der Waals surface area contributed by atoms with E-state index in [2.05, 4.69) is 5.32 Å². The lowest BCUT2D eigenvalue weighted by Crippen LogP contribution is -2.43. The van der Waals surface area contributed by atoms with E-state index in [4.69, 9.17) is 0 Å². The van der Waals surface area contributed by atoms with Gasteiger partial charge in [0.05, 0.1) is 11.6 Å². The summed E-state index contributed by atoms with van der Waals surface area (Å²) in [4.78, 5) is 26.5. The van der Waals surface area contributed by atoms with E-state index in [1.165, 1.54) is 0 Å². The Hall–Kier alpha value is -1.46. The number of carbonyl (C=O) groups is 2. The molecule has 2 aromatic rings. The maximum Gasteiger partial charge on any atom is 0.252 e. The van der Waals surface area contributed by atoms with Crippen molar-refractivity contribution in [3.8, 4) is 0 Å². The lowest BCUT2D eigenvalue weighted by atomic mass is 9.93. The molecule has 1 aliphatic rings. The van der Waals surface area contributed by atoms with Gasteiger partial charge in [-0.25, -0.2) is 0 Å². The van der Waals surface area contributed by atoms with Crippen molar-refractivity contribution in [1.29, 1.82) is 0 Å². The summed E-state index contributed by atoms with van der Waals surface area (Å²) in [6.45, 7) is 1.92. The first-order chi connectivity index (χ1) is 9.16. The van der Waals surface area contributed by atoms with Crippen LogP contribution in [0.5, 0.6) is 0 Å². The highest BCUT2D eigenvalue weighted by atomic mass is 32.1. The zero-order valence-electron chi connectivity index (χ0n) is 10.4. The van der Waals surface area contributed by atoms with Crippen molar-refractivity contribution in [1.82, 2.24) is 5.32 Å². The molecule has 1 N–H and O–H groups in total. The highest BCUT2D eigenvalue weighted by Crippen LogP contribution is 2.26. The van der Waals surface area contributed by atoms with Crippen LogP contribution in [0.4, 0.5) is 0 Å². The number of thiophene rings is 2. The third-order valence-electron chi connectivity index (χ3n) is 3.40. The van der Waals surface area contributed by atoms with Crippen LogP contribution >= 0.6 is 22.7 Å². The zero-order chi connectivity index (χ0) is 13.4. The molecule has 1 unspecified atom stereocenters. The van der Waals surface area contributed by atoms with Crippen LogP contribution in [0.2, 0.25) is 0 Å². The predicted octanol–water partition coefficient (Wildman–Crippen LogP) is 3.05. The highest BCUT2D eigenvalue weighted by molar-refractivity contribution is 7.10. The summed E-state index contributed by atoms with van der Waals surface area (Å²) in [6, 6.07) is 3.28. The molecule has 1 aliphatic carbocycles. The Bertz CT molecular complexity index is 641. The number of ketones is 1. The first kappa shape index (κ1) is 12.6. The Balaban J connectivity index is 1.77. The fourth-order valence-corrected chi connectivity index (χ4v) is 3.94. The first-order valence-electron chi connectivity index (χ1n) is 6.12. The van der Waals surface area contributed by atoms with Crippen LogP contribution in [-0.4, -0.2) is 17.7 Å². The number of amides is 1. The number of hydrogen-bond acceptors (Lipinski definition) is 4. The van der Waals surface area contributed by atoms with Gasteiger partial charge in [0.2, 0.25) is 0 Å². The smallest absolute Gasteiger partial charge is 0.252 e. The standard InChI is InChI=1S/C14H13NO2S2/c1-8-9(4-6-18-8)14(17)15-11-2-3-12-10(13(11)16)5-7-19-12/h4-7,11H,2-3H2,1H3,(H,15,17). The number of fused-ring (bicyclic) bond motifs is 1. The maximum atomic E-state index is 12.3. The Labute approximate surface area is 119 Å². The van der Waals surface area contributed by atoms with Crippen LogP contribution in [0.3, 0.4) is 0 Å². The molecule has 0 aromatic carbocycles. The minimum absolute atomic E-state index is 0.0451. The van der Waals surface area contributed by atoms with Gasteiger partial charge in [0, 0.05) is 15.3 Å². The molecule has 0 spiro atoms. The largest absolute Gasteiger partial charge is 0.342 e. The van der Waals surface area contributed by atoms with Crippen molar-refractivity contribution in [2.24, 2.45) is 0 Å². The molecule has 0 saturated heterocycles. The first-order valence-corrected chi connectivity index (χ1v) is 7.88. The van der Waals surface area contributed by atoms with Crippen LogP contribution < -0.4 is 5.32 Å². The molecule has 5 heteroatoms. The molecule has 2 heterocycles. The molecule has 19 heavy (non-hydrogen) atoms. The van der Waals surface area contributed by atoms with E-state index in [0.717, 1.165) is 21.7 Å². The second-order valence-corrected chi connectivity index (χ2v) is 6.70. The van der Waals surface area contributed by atoms with Crippen molar-refractivity contribution in [2.75, 3.05) is 0 Å². The average molecular weight is 291 g/mol. The van der Waals surface area contributed by atoms with Crippen LogP contribution in [0.25, 0.3) is 0 Å². The second-order valence-electron chi connectivity index (χ2n) is 4.58. The fraction of sp³-hybridized carbons (Fsp3) is 0.286. The molecule has 0 fully saturated rings. The van der Waals surface area contributed by atoms with E-state index < -0.39 is 0 Å². The Morgan fingerprint density at radius 1 is 1.32 bits per heavy atom. The van der Waals surface area contributed by atoms with Gasteiger partial charge in [0.15, 0.2) is 5.78 Å². The summed E-state index contributed by atoms with van der Waals surface area (Å²) < 4.78 is 0. The van der Waals surface area contributed by atoms with E-state index in [-0.39, 0.29) is 17.7 Å². The molecule has 1 amide bonds. The van der Waals surface area contributed by atoms with Gasteiger partial charge in [-0.1, -0.05) is 0 Å². The predicted molar refractivity (Wildman–Crippen MR) is 77.3 cm³/mol. The molecular weight excluding hydrogens is 278 g/mol. The molecular formula is C14H13NO2S2. The number of nitrogens with one attached hydrogen (secondary N) is 1. The van der Waals surface area contributed by atoms with E-state index in [9.17, 15) is 9.59 Å². The molecule has 0 saturated carbocycles. The van der Waals surface area contributed by atoms with Gasteiger partial charge in [-0.2, -0.15) is 0 Å². The topological polar surface area (TPSA) is 46.2 Å². The van der Waals surface area contributed by atoms with Gasteiger partial charge in [-0.15, -0.1) is 22.7 Å². The molecule has 3 rings (SSSR count). The molecule has 0 radical (unpaired) electrons. The fourth-order valence-electron chi connectivity index (χ4n) is 2.34. The second kappa shape index (κ2) is 4.90. The molecule has 3 nitrogen and oxygen atoms in total. The van der Waals surface area contributed by atoms with Crippen molar-refractivity contribution >= 4 is 34.4 Å². The Kier molecular flexibility index (Phi) is 3.24. The third-order valence-corrected chi connectivity index (χ3v) is 5.22.